The van der Waals surface area contributed by atoms with Gasteiger partial charge in [-0.2, -0.15) is 0 Å². The number of nitrogens with zero attached hydrogens (tertiary/aromatic N) is 1. The van der Waals surface area contributed by atoms with Gasteiger partial charge in [-0.3, -0.25) is 18.6 Å². The summed E-state index contributed by atoms with van der Waals surface area (Å²) in [4.78, 5) is 34.3. The van der Waals surface area contributed by atoms with E-state index in [2.05, 4.69) is 13.8 Å². The maximum Gasteiger partial charge on any atom is 0.472 e. The molecule has 1 N–H and O–H groups in total. The summed E-state index contributed by atoms with van der Waals surface area (Å²) in [7, 11) is 1.47. The second-order valence-electron chi connectivity index (χ2n) is 10.4. The number of hydrogen-bond acceptors (Lipinski definition) is 7. The average Bonchev–Trinajstić information content (AvgIpc) is 2.79. The van der Waals surface area contributed by atoms with E-state index in [1.165, 1.54) is 32.1 Å². The Bertz CT molecular complexity index is 624. The van der Waals surface area contributed by atoms with E-state index in [1.54, 1.807) is 0 Å². The summed E-state index contributed by atoms with van der Waals surface area (Å²) in [5.74, 6) is -0.825. The quantitative estimate of drug-likeness (QED) is 0.0713. The lowest BCUT2D eigenvalue weighted by Crippen LogP contribution is -2.37. The molecule has 0 amide bonds. The summed E-state index contributed by atoms with van der Waals surface area (Å²) >= 11 is 0. The van der Waals surface area contributed by atoms with Crippen LogP contribution < -0.4 is 0 Å². The number of hydrogen-bond donors (Lipinski definition) is 1. The van der Waals surface area contributed by atoms with Crippen molar-refractivity contribution in [2.45, 2.75) is 110 Å². The van der Waals surface area contributed by atoms with Gasteiger partial charge in [-0.05, 0) is 12.8 Å². The first kappa shape index (κ1) is 35.0. The van der Waals surface area contributed by atoms with Crippen molar-refractivity contribution in [2.75, 3.05) is 47.5 Å². The largest absolute Gasteiger partial charge is 0.472 e. The number of carbonyl (C=O) groups excluding carboxylic acids is 2. The van der Waals surface area contributed by atoms with Gasteiger partial charge in [0.05, 0.1) is 27.7 Å². The predicted molar refractivity (Wildman–Crippen MR) is 141 cm³/mol. The van der Waals surface area contributed by atoms with E-state index >= 15 is 0 Å². The minimum atomic E-state index is -4.33. The van der Waals surface area contributed by atoms with Crippen LogP contribution in [0.1, 0.15) is 104 Å². The Hall–Kier alpha value is -0.990. The molecule has 0 heterocycles. The normalized spacial score (nSPS) is 14.3. The molecule has 0 radical (unpaired) electrons. The molecule has 0 aliphatic carbocycles. The highest BCUT2D eigenvalue weighted by atomic mass is 31.2. The number of phosphoric ester groups is 1. The Kier molecular flexibility index (Phi) is 20.4. The number of unbranched alkanes of at least 4 members (excludes halogenated alkanes) is 10. The first-order valence-corrected chi connectivity index (χ1v) is 15.3. The van der Waals surface area contributed by atoms with Crippen LogP contribution in [0.5, 0.6) is 0 Å². The van der Waals surface area contributed by atoms with Crippen molar-refractivity contribution in [3.8, 4) is 0 Å². The molecule has 214 valence electrons. The Balaban J connectivity index is 4.57. The van der Waals surface area contributed by atoms with Crippen molar-refractivity contribution >= 4 is 19.8 Å². The van der Waals surface area contributed by atoms with Crippen molar-refractivity contribution < 1.29 is 42.1 Å². The second kappa shape index (κ2) is 21.0. The molecular formula is C26H53NO8P+. The maximum absolute atomic E-state index is 12.3. The van der Waals surface area contributed by atoms with Gasteiger partial charge in [0.25, 0.3) is 0 Å². The van der Waals surface area contributed by atoms with Gasteiger partial charge in [0.2, 0.25) is 0 Å². The third-order valence-corrected chi connectivity index (χ3v) is 6.62. The van der Waals surface area contributed by atoms with E-state index in [0.29, 0.717) is 17.4 Å². The molecule has 0 saturated carbocycles. The maximum atomic E-state index is 12.3. The van der Waals surface area contributed by atoms with E-state index in [9.17, 15) is 19.0 Å². The zero-order valence-corrected chi connectivity index (χ0v) is 24.4. The zero-order valence-electron chi connectivity index (χ0n) is 23.5. The lowest BCUT2D eigenvalue weighted by molar-refractivity contribution is -0.870. The number of phosphoric acid groups is 1. The number of carbonyl (C=O) groups is 2. The molecule has 1 unspecified atom stereocenters. The van der Waals surface area contributed by atoms with E-state index in [0.717, 1.165) is 38.5 Å². The first-order chi connectivity index (χ1) is 17.0. The van der Waals surface area contributed by atoms with Crippen molar-refractivity contribution in [2.24, 2.45) is 0 Å². The van der Waals surface area contributed by atoms with Crippen LogP contribution in [0.2, 0.25) is 0 Å². The van der Waals surface area contributed by atoms with Gasteiger partial charge in [-0.25, -0.2) is 4.57 Å². The van der Waals surface area contributed by atoms with E-state index in [4.69, 9.17) is 18.5 Å². The van der Waals surface area contributed by atoms with Crippen LogP contribution >= 0.6 is 7.82 Å². The van der Waals surface area contributed by atoms with Crippen LogP contribution in [0.15, 0.2) is 0 Å². The summed E-state index contributed by atoms with van der Waals surface area (Å²) in [5, 5.41) is 0. The number of quaternary nitrogens is 1. The van der Waals surface area contributed by atoms with E-state index in [-0.39, 0.29) is 32.0 Å². The number of ether oxygens (including phenoxy) is 2. The fourth-order valence-electron chi connectivity index (χ4n) is 3.36. The zero-order chi connectivity index (χ0) is 27.3. The standard InChI is InChI=1S/C26H52NO8P/c1-6-8-10-12-13-14-15-17-19-26(29)35-24(22-32-25(28)18-16-11-9-7-2)23-34-36(30,31)33-21-20-27(3,4)5/h24H,6-23H2,1-5H3/p+1/t24-/m1/s1. The molecule has 0 aromatic heterocycles. The summed E-state index contributed by atoms with van der Waals surface area (Å²) in [6.45, 7) is 4.21. The van der Waals surface area contributed by atoms with Crippen molar-refractivity contribution in [3.63, 3.8) is 0 Å². The minimum Gasteiger partial charge on any atom is -0.462 e. The topological polar surface area (TPSA) is 108 Å². The van der Waals surface area contributed by atoms with Crippen molar-refractivity contribution in [1.29, 1.82) is 0 Å². The third-order valence-electron chi connectivity index (χ3n) is 5.64. The fourth-order valence-corrected chi connectivity index (χ4v) is 4.10. The smallest absolute Gasteiger partial charge is 0.462 e. The van der Waals surface area contributed by atoms with Crippen LogP contribution in [0, 0.1) is 0 Å². The summed E-state index contributed by atoms with van der Waals surface area (Å²) in [5.41, 5.74) is 0. The fraction of sp³-hybridized carbons (Fsp3) is 0.923. The van der Waals surface area contributed by atoms with Gasteiger partial charge in [0.15, 0.2) is 6.10 Å². The third kappa shape index (κ3) is 23.4. The lowest BCUT2D eigenvalue weighted by atomic mass is 10.1. The predicted octanol–water partition coefficient (Wildman–Crippen LogP) is 5.78. The monoisotopic (exact) mass is 538 g/mol. The van der Waals surface area contributed by atoms with Crippen LogP contribution in [0.4, 0.5) is 0 Å². The molecular weight excluding hydrogens is 485 g/mol. The highest BCUT2D eigenvalue weighted by molar-refractivity contribution is 7.47. The molecule has 9 nitrogen and oxygen atoms in total. The molecule has 0 fully saturated rings. The molecule has 2 atom stereocenters. The number of likely N-dealkylation sites (N-methyl/N-ethyl adjacent to an activating group) is 1. The van der Waals surface area contributed by atoms with E-state index < -0.39 is 26.5 Å². The van der Waals surface area contributed by atoms with Gasteiger partial charge >= 0.3 is 19.8 Å². The Labute approximate surface area is 219 Å². The van der Waals surface area contributed by atoms with Gasteiger partial charge in [0, 0.05) is 12.8 Å². The van der Waals surface area contributed by atoms with Gasteiger partial charge in [0.1, 0.15) is 19.8 Å². The SMILES string of the molecule is CCCCCCCCCCC(=O)O[C@H](COC(=O)CCCCCC)COP(=O)(O)OCC[N+](C)(C)C. The van der Waals surface area contributed by atoms with Crippen LogP contribution in [0.3, 0.4) is 0 Å². The molecule has 0 rings (SSSR count). The summed E-state index contributed by atoms with van der Waals surface area (Å²) in [6.07, 6.45) is 12.2. The molecule has 0 aliphatic rings. The Morgan fingerprint density at radius 2 is 1.25 bits per heavy atom. The van der Waals surface area contributed by atoms with Gasteiger partial charge < -0.3 is 18.9 Å². The molecule has 0 bridgehead atoms. The summed E-state index contributed by atoms with van der Waals surface area (Å²) in [6, 6.07) is 0. The summed E-state index contributed by atoms with van der Waals surface area (Å²) < 4.78 is 33.5. The highest BCUT2D eigenvalue weighted by Gasteiger charge is 2.27. The second-order valence-corrected chi connectivity index (χ2v) is 11.9. The van der Waals surface area contributed by atoms with Crippen molar-refractivity contribution in [3.05, 3.63) is 0 Å². The van der Waals surface area contributed by atoms with Crippen LogP contribution in [-0.4, -0.2) is 74.9 Å². The molecule has 0 aliphatic heterocycles. The molecule has 0 aromatic carbocycles. The molecule has 0 saturated heterocycles. The Morgan fingerprint density at radius 3 is 1.81 bits per heavy atom. The van der Waals surface area contributed by atoms with Crippen molar-refractivity contribution in [1.82, 2.24) is 0 Å². The number of esters is 2. The molecule has 0 aromatic rings. The molecule has 36 heavy (non-hydrogen) atoms. The molecule has 0 spiro atoms. The average molecular weight is 539 g/mol. The highest BCUT2D eigenvalue weighted by Crippen LogP contribution is 2.43. The van der Waals surface area contributed by atoms with E-state index in [1.807, 2.05) is 21.1 Å². The lowest BCUT2D eigenvalue weighted by Gasteiger charge is -2.24. The van der Waals surface area contributed by atoms with Crippen LogP contribution in [-0.2, 0) is 32.7 Å². The molecule has 10 heteroatoms. The number of rotatable bonds is 24. The minimum absolute atomic E-state index is 0.0346. The van der Waals surface area contributed by atoms with Gasteiger partial charge in [-0.1, -0.05) is 78.1 Å². The Morgan fingerprint density at radius 1 is 0.750 bits per heavy atom. The van der Waals surface area contributed by atoms with Crippen LogP contribution in [0.25, 0.3) is 0 Å². The first-order valence-electron chi connectivity index (χ1n) is 13.8. The van der Waals surface area contributed by atoms with Gasteiger partial charge in [-0.15, -0.1) is 0 Å².